The van der Waals surface area contributed by atoms with Gasteiger partial charge >= 0.3 is 0 Å². The predicted octanol–water partition coefficient (Wildman–Crippen LogP) is 3.40. The van der Waals surface area contributed by atoms with Crippen LogP contribution in [-0.4, -0.2) is 52.9 Å². The Labute approximate surface area is 202 Å². The van der Waals surface area contributed by atoms with Crippen LogP contribution < -0.4 is 10.1 Å². The lowest BCUT2D eigenvalue weighted by Gasteiger charge is -2.26. The smallest absolute Gasteiger partial charge is 0.211 e. The lowest BCUT2D eigenvalue weighted by Crippen LogP contribution is -2.33. The topological polar surface area (TPSA) is 101 Å². The van der Waals surface area contributed by atoms with E-state index in [-0.39, 0.29) is 11.6 Å². The van der Waals surface area contributed by atoms with Gasteiger partial charge in [-0.05, 0) is 63.9 Å². The average Bonchev–Trinajstić information content (AvgIpc) is 3.50. The molecule has 0 saturated heterocycles. The van der Waals surface area contributed by atoms with Crippen LogP contribution in [0.3, 0.4) is 0 Å². The van der Waals surface area contributed by atoms with E-state index >= 15 is 0 Å². The first kappa shape index (κ1) is 24.4. The molecule has 1 fully saturated rings. The predicted molar refractivity (Wildman–Crippen MR) is 130 cm³/mol. The van der Waals surface area contributed by atoms with E-state index < -0.39 is 0 Å². The minimum atomic E-state index is -0.230. The zero-order valence-corrected chi connectivity index (χ0v) is 21.5. The van der Waals surface area contributed by atoms with Crippen molar-refractivity contribution in [1.29, 1.82) is 0 Å². The number of nitrogens with one attached hydrogen (secondary N) is 1. The van der Waals surface area contributed by atoms with Gasteiger partial charge in [0.25, 0.3) is 0 Å². The van der Waals surface area contributed by atoms with Crippen LogP contribution in [0.1, 0.15) is 94.0 Å². The average molecular weight is 470 g/mol. The van der Waals surface area contributed by atoms with Gasteiger partial charge in [0.1, 0.15) is 0 Å². The zero-order valence-electron chi connectivity index (χ0n) is 21.5. The van der Waals surface area contributed by atoms with Crippen molar-refractivity contribution in [2.75, 3.05) is 13.2 Å². The van der Waals surface area contributed by atoms with Crippen molar-refractivity contribution in [2.24, 2.45) is 14.1 Å². The number of tetrazole rings is 1. The van der Waals surface area contributed by atoms with Crippen LogP contribution in [0.25, 0.3) is 0 Å². The maximum absolute atomic E-state index is 5.94. The molecule has 10 nitrogen and oxygen atoms in total. The van der Waals surface area contributed by atoms with E-state index in [1.54, 1.807) is 4.68 Å². The third kappa shape index (κ3) is 5.48. The Morgan fingerprint density at radius 3 is 2.59 bits per heavy atom. The van der Waals surface area contributed by atoms with Crippen LogP contribution >= 0.6 is 0 Å². The fourth-order valence-electron chi connectivity index (χ4n) is 4.85. The highest BCUT2D eigenvalue weighted by Crippen LogP contribution is 2.37. The van der Waals surface area contributed by atoms with Gasteiger partial charge < -0.3 is 10.1 Å². The molecule has 0 aromatic carbocycles. The monoisotopic (exact) mass is 469 g/mol. The Morgan fingerprint density at radius 2 is 1.91 bits per heavy atom. The summed E-state index contributed by atoms with van der Waals surface area (Å²) in [6.45, 7) is 9.70. The van der Waals surface area contributed by atoms with Gasteiger partial charge in [0, 0.05) is 37.8 Å². The summed E-state index contributed by atoms with van der Waals surface area (Å²) in [5, 5.41) is 25.8. The van der Waals surface area contributed by atoms with Crippen LogP contribution in [0.5, 0.6) is 5.88 Å². The van der Waals surface area contributed by atoms with Crippen molar-refractivity contribution in [2.45, 2.75) is 83.7 Å². The van der Waals surface area contributed by atoms with Gasteiger partial charge in [-0.2, -0.15) is 10.2 Å². The maximum Gasteiger partial charge on any atom is 0.211 e. The Kier molecular flexibility index (Phi) is 7.35. The quantitative estimate of drug-likeness (QED) is 0.479. The van der Waals surface area contributed by atoms with Gasteiger partial charge in [-0.3, -0.25) is 4.68 Å². The van der Waals surface area contributed by atoms with Gasteiger partial charge in [0.05, 0.1) is 29.6 Å². The molecule has 34 heavy (non-hydrogen) atoms. The van der Waals surface area contributed by atoms with Crippen LogP contribution in [0.15, 0.2) is 12.3 Å². The standard InChI is InChI=1S/C24H39N9O/c1-17-15-20(32(6)27-17)34-14-10-13-25-22(23-26-29-30-33(23)24(2,3)4)19-16-31(5)28-21(19)18-11-8-7-9-12-18/h15-16,18,22,25H,7-14H2,1-6H3. The molecule has 10 heteroatoms. The lowest BCUT2D eigenvalue weighted by atomic mass is 9.84. The zero-order chi connectivity index (χ0) is 24.3. The molecule has 3 aromatic heterocycles. The van der Waals surface area contributed by atoms with Crippen molar-refractivity contribution < 1.29 is 4.74 Å². The normalized spacial score (nSPS) is 16.2. The van der Waals surface area contributed by atoms with E-state index in [1.165, 1.54) is 43.4 Å². The minimum Gasteiger partial charge on any atom is -0.478 e. The van der Waals surface area contributed by atoms with Crippen LogP contribution in [0.2, 0.25) is 0 Å². The second kappa shape index (κ2) is 10.2. The number of ether oxygens (including phenoxy) is 1. The number of hydrogen-bond acceptors (Lipinski definition) is 7. The Morgan fingerprint density at radius 1 is 1.15 bits per heavy atom. The highest BCUT2D eigenvalue weighted by atomic mass is 16.5. The van der Waals surface area contributed by atoms with E-state index in [2.05, 4.69) is 52.9 Å². The van der Waals surface area contributed by atoms with E-state index in [9.17, 15) is 0 Å². The third-order valence-electron chi connectivity index (χ3n) is 6.46. The van der Waals surface area contributed by atoms with Gasteiger partial charge in [-0.25, -0.2) is 9.36 Å². The molecule has 1 N–H and O–H groups in total. The van der Waals surface area contributed by atoms with E-state index in [0.29, 0.717) is 12.5 Å². The molecule has 1 aliphatic carbocycles. The van der Waals surface area contributed by atoms with E-state index in [1.807, 2.05) is 36.4 Å². The fraction of sp³-hybridized carbons (Fsp3) is 0.708. The number of rotatable bonds is 9. The molecule has 4 rings (SSSR count). The Hall–Kier alpha value is -2.75. The molecule has 1 unspecified atom stereocenters. The third-order valence-corrected chi connectivity index (χ3v) is 6.46. The van der Waals surface area contributed by atoms with Crippen molar-refractivity contribution in [3.63, 3.8) is 0 Å². The van der Waals surface area contributed by atoms with Crippen LogP contribution in [-0.2, 0) is 19.6 Å². The summed E-state index contributed by atoms with van der Waals surface area (Å²) in [5.74, 6) is 2.10. The van der Waals surface area contributed by atoms with Crippen molar-refractivity contribution in [3.05, 3.63) is 35.0 Å². The Bertz CT molecular complexity index is 1070. The summed E-state index contributed by atoms with van der Waals surface area (Å²) in [6.07, 6.45) is 9.22. The fourth-order valence-corrected chi connectivity index (χ4v) is 4.85. The minimum absolute atomic E-state index is 0.140. The van der Waals surface area contributed by atoms with E-state index in [0.717, 1.165) is 30.4 Å². The van der Waals surface area contributed by atoms with Crippen molar-refractivity contribution >= 4 is 0 Å². The van der Waals surface area contributed by atoms with Crippen molar-refractivity contribution in [1.82, 2.24) is 45.1 Å². The summed E-state index contributed by atoms with van der Waals surface area (Å²) in [5.41, 5.74) is 3.09. The molecule has 1 saturated carbocycles. The largest absolute Gasteiger partial charge is 0.478 e. The molecule has 0 bridgehead atoms. The molecule has 1 aliphatic rings. The Balaban J connectivity index is 1.54. The SMILES string of the molecule is Cc1cc(OCCCNC(c2cn(C)nc2C2CCCCC2)c2nnnn2C(C)(C)C)n(C)n1. The molecule has 0 spiro atoms. The van der Waals surface area contributed by atoms with Gasteiger partial charge in [-0.1, -0.05) is 19.3 Å². The first-order valence-electron chi connectivity index (χ1n) is 12.4. The second-order valence-electron chi connectivity index (χ2n) is 10.4. The second-order valence-corrected chi connectivity index (χ2v) is 10.4. The highest BCUT2D eigenvalue weighted by Gasteiger charge is 2.32. The number of nitrogens with zero attached hydrogens (tertiary/aromatic N) is 8. The first-order valence-corrected chi connectivity index (χ1v) is 12.4. The van der Waals surface area contributed by atoms with E-state index in [4.69, 9.17) is 9.84 Å². The van der Waals surface area contributed by atoms with Crippen molar-refractivity contribution in [3.8, 4) is 5.88 Å². The summed E-state index contributed by atoms with van der Waals surface area (Å²) in [7, 11) is 3.90. The molecule has 0 aliphatic heterocycles. The van der Waals surface area contributed by atoms with Gasteiger partial charge in [0.15, 0.2) is 5.82 Å². The molecule has 186 valence electrons. The first-order chi connectivity index (χ1) is 16.2. The summed E-state index contributed by atoms with van der Waals surface area (Å²) < 4.78 is 11.6. The summed E-state index contributed by atoms with van der Waals surface area (Å²) in [6, 6.07) is 1.82. The van der Waals surface area contributed by atoms with Gasteiger partial charge in [0.2, 0.25) is 5.88 Å². The molecule has 0 radical (unpaired) electrons. The number of aromatic nitrogens is 8. The molecule has 1 atom stereocenters. The number of hydrogen-bond donors (Lipinski definition) is 1. The highest BCUT2D eigenvalue weighted by molar-refractivity contribution is 5.30. The summed E-state index contributed by atoms with van der Waals surface area (Å²) in [4.78, 5) is 0. The van der Waals surface area contributed by atoms with Gasteiger partial charge in [-0.15, -0.1) is 5.10 Å². The molecular weight excluding hydrogens is 430 g/mol. The maximum atomic E-state index is 5.94. The molecule has 3 aromatic rings. The molecular formula is C24H39N9O. The molecule has 3 heterocycles. The molecule has 0 amide bonds. The van der Waals surface area contributed by atoms with Crippen LogP contribution in [0.4, 0.5) is 0 Å². The van der Waals surface area contributed by atoms with Crippen LogP contribution in [0, 0.1) is 6.92 Å². The number of aryl methyl sites for hydroxylation is 3. The summed E-state index contributed by atoms with van der Waals surface area (Å²) >= 11 is 0. The lowest BCUT2D eigenvalue weighted by molar-refractivity contribution is 0.279.